The predicted molar refractivity (Wildman–Crippen MR) is 174 cm³/mol. The molecule has 0 spiro atoms. The van der Waals surface area contributed by atoms with E-state index in [9.17, 15) is 24.9 Å². The molecule has 1 aromatic heterocycles. The molecule has 10 heteroatoms. The van der Waals surface area contributed by atoms with Gasteiger partial charge in [-0.1, -0.05) is 6.07 Å². The summed E-state index contributed by atoms with van der Waals surface area (Å²) in [5, 5.41) is 30.6. The number of carboxylic acid groups (broad SMARTS) is 1. The van der Waals surface area contributed by atoms with Crippen molar-refractivity contribution in [3.05, 3.63) is 92.5 Å². The van der Waals surface area contributed by atoms with E-state index in [0.717, 1.165) is 100 Å². The highest BCUT2D eigenvalue weighted by Gasteiger charge is 2.40. The van der Waals surface area contributed by atoms with Crippen LogP contribution in [0.2, 0.25) is 0 Å². The summed E-state index contributed by atoms with van der Waals surface area (Å²) in [5.74, 6) is -1.69. The normalized spacial score (nSPS) is 17.6. The molecule has 3 N–H and O–H groups in total. The molecule has 0 amide bonds. The van der Waals surface area contributed by atoms with Gasteiger partial charge in [0, 0.05) is 77.9 Å². The first-order chi connectivity index (χ1) is 22.9. The van der Waals surface area contributed by atoms with Crippen LogP contribution in [0.25, 0.3) is 0 Å². The first-order valence-corrected chi connectivity index (χ1v) is 16.6. The predicted octanol–water partition coefficient (Wildman–Crippen LogP) is 5.55. The van der Waals surface area contributed by atoms with Gasteiger partial charge in [0.1, 0.15) is 11.5 Å². The fourth-order valence-electron chi connectivity index (χ4n) is 8.74. The Morgan fingerprint density at radius 3 is 1.77 bits per heavy atom. The van der Waals surface area contributed by atoms with Gasteiger partial charge < -0.3 is 34.7 Å². The quantitative estimate of drug-likeness (QED) is 0.234. The molecular weight excluding hydrogens is 598 g/mol. The van der Waals surface area contributed by atoms with Crippen LogP contribution in [0, 0.1) is 0 Å². The number of nitrogens with zero attached hydrogens (tertiary/aromatic N) is 3. The fourth-order valence-corrected chi connectivity index (χ4v) is 8.74. The van der Waals surface area contributed by atoms with Crippen LogP contribution in [0.4, 0.5) is 11.4 Å². The maximum Gasteiger partial charge on any atom is 0.363 e. The van der Waals surface area contributed by atoms with Crippen LogP contribution >= 0.6 is 0 Å². The molecule has 10 nitrogen and oxygen atoms in total. The van der Waals surface area contributed by atoms with Gasteiger partial charge in [0.15, 0.2) is 0 Å². The molecule has 3 aromatic carbocycles. The summed E-state index contributed by atoms with van der Waals surface area (Å²) in [6.07, 6.45) is 7.97. The van der Waals surface area contributed by atoms with Gasteiger partial charge in [-0.15, -0.1) is 4.73 Å². The van der Waals surface area contributed by atoms with Crippen molar-refractivity contribution in [1.82, 2.24) is 4.73 Å². The smallest absolute Gasteiger partial charge is 0.363 e. The Bertz CT molecular complexity index is 1910. The van der Waals surface area contributed by atoms with Gasteiger partial charge in [0.25, 0.3) is 0 Å². The Morgan fingerprint density at radius 2 is 1.23 bits per heavy atom. The third-order valence-corrected chi connectivity index (χ3v) is 10.6. The topological polar surface area (TPSA) is 125 Å². The summed E-state index contributed by atoms with van der Waals surface area (Å²) in [4.78, 5) is 36.4. The lowest BCUT2D eigenvalue weighted by Crippen LogP contribution is -2.36. The van der Waals surface area contributed by atoms with E-state index in [0.29, 0.717) is 10.3 Å². The van der Waals surface area contributed by atoms with Crippen LogP contribution in [-0.4, -0.2) is 58.2 Å². The van der Waals surface area contributed by atoms with Gasteiger partial charge in [0.2, 0.25) is 11.8 Å². The maximum absolute atomic E-state index is 13.2. The number of carbonyl (C=O) groups excluding carboxylic acids is 1. The number of hydrogen-bond donors (Lipinski definition) is 3. The second-order valence-corrected chi connectivity index (χ2v) is 13.3. The highest BCUT2D eigenvalue weighted by molar-refractivity contribution is 5.96. The number of carboxylic acids is 1. The van der Waals surface area contributed by atoms with Crippen molar-refractivity contribution < 1.29 is 34.5 Å². The summed E-state index contributed by atoms with van der Waals surface area (Å²) >= 11 is 0. The summed E-state index contributed by atoms with van der Waals surface area (Å²) in [6.45, 7) is 4.13. The highest BCUT2D eigenvalue weighted by atomic mass is 16.7. The van der Waals surface area contributed by atoms with Crippen LogP contribution in [0.5, 0.6) is 23.3 Å². The SMILES string of the molecule is O=C(On1c(O)ccc1O)c1ccc(C2c3cc4c5c(c3Oc3c2cc2c6c3CCCN6CCC2)CCCN5CCC4)c(C(=O)O)c1. The third kappa shape index (κ3) is 4.23. The molecule has 0 radical (unpaired) electrons. The molecule has 47 heavy (non-hydrogen) atoms. The largest absolute Gasteiger partial charge is 0.492 e. The van der Waals surface area contributed by atoms with E-state index in [2.05, 4.69) is 21.9 Å². The molecule has 240 valence electrons. The Hall–Kier alpha value is -5.12. The molecule has 9 rings (SSSR count). The highest BCUT2D eigenvalue weighted by Crippen LogP contribution is 2.57. The molecule has 0 unspecified atom stereocenters. The Morgan fingerprint density at radius 1 is 0.702 bits per heavy atom. The zero-order chi connectivity index (χ0) is 32.0. The third-order valence-electron chi connectivity index (χ3n) is 10.6. The summed E-state index contributed by atoms with van der Waals surface area (Å²) < 4.78 is 7.68. The number of aromatic hydroxyl groups is 2. The van der Waals surface area contributed by atoms with Crippen molar-refractivity contribution in [3.8, 4) is 23.3 Å². The zero-order valence-electron chi connectivity index (χ0n) is 25.9. The van der Waals surface area contributed by atoms with Crippen molar-refractivity contribution in [2.24, 2.45) is 0 Å². The number of ether oxygens (including phenoxy) is 1. The minimum absolute atomic E-state index is 0.00909. The van der Waals surface area contributed by atoms with Crippen molar-refractivity contribution in [3.63, 3.8) is 0 Å². The van der Waals surface area contributed by atoms with Crippen molar-refractivity contribution in [2.45, 2.75) is 57.3 Å². The number of aromatic nitrogens is 1. The summed E-state index contributed by atoms with van der Waals surface area (Å²) in [7, 11) is 0. The Balaban J connectivity index is 1.25. The van der Waals surface area contributed by atoms with Crippen molar-refractivity contribution >= 4 is 23.3 Å². The van der Waals surface area contributed by atoms with E-state index in [1.54, 1.807) is 12.1 Å². The number of hydrogen-bond acceptors (Lipinski definition) is 8. The molecule has 0 aliphatic carbocycles. The lowest BCUT2D eigenvalue weighted by molar-refractivity contribution is 0.0381. The number of carbonyl (C=O) groups is 2. The second kappa shape index (κ2) is 10.4. The molecule has 0 fully saturated rings. The molecule has 5 aliphatic heterocycles. The molecule has 0 bridgehead atoms. The lowest BCUT2D eigenvalue weighted by Gasteiger charge is -2.43. The fraction of sp³-hybridized carbons (Fsp3) is 0.351. The van der Waals surface area contributed by atoms with E-state index in [1.807, 2.05) is 0 Å². The van der Waals surface area contributed by atoms with E-state index < -0.39 is 29.6 Å². The summed E-state index contributed by atoms with van der Waals surface area (Å²) in [5.41, 5.74) is 10.1. The Kier molecular flexibility index (Phi) is 6.25. The molecule has 6 heterocycles. The van der Waals surface area contributed by atoms with Gasteiger partial charge in [-0.25, -0.2) is 9.59 Å². The van der Waals surface area contributed by atoms with Gasteiger partial charge >= 0.3 is 11.9 Å². The first-order valence-electron chi connectivity index (χ1n) is 16.6. The molecule has 5 aliphatic rings. The van der Waals surface area contributed by atoms with Crippen LogP contribution in [0.15, 0.2) is 42.5 Å². The van der Waals surface area contributed by atoms with E-state index in [1.165, 1.54) is 51.8 Å². The number of aryl methyl sites for hydroxylation is 2. The Labute approximate surface area is 271 Å². The average molecular weight is 634 g/mol. The number of aromatic carboxylic acids is 1. The molecular formula is C37H35N3O7. The number of rotatable bonds is 4. The van der Waals surface area contributed by atoms with Gasteiger partial charge in [-0.3, -0.25) is 0 Å². The average Bonchev–Trinajstić information content (AvgIpc) is 3.40. The van der Waals surface area contributed by atoms with Crippen LogP contribution in [0.1, 0.15) is 91.3 Å². The van der Waals surface area contributed by atoms with Crippen molar-refractivity contribution in [1.29, 1.82) is 0 Å². The van der Waals surface area contributed by atoms with Crippen LogP contribution in [0.3, 0.4) is 0 Å². The monoisotopic (exact) mass is 633 g/mol. The second-order valence-electron chi connectivity index (χ2n) is 13.3. The molecule has 4 aromatic rings. The molecule has 0 atom stereocenters. The van der Waals surface area contributed by atoms with E-state index in [-0.39, 0.29) is 11.1 Å². The number of benzene rings is 3. The summed E-state index contributed by atoms with van der Waals surface area (Å²) in [6, 6.07) is 11.5. The van der Waals surface area contributed by atoms with Gasteiger partial charge in [-0.05, 0) is 92.3 Å². The molecule has 0 saturated heterocycles. The molecule has 0 saturated carbocycles. The van der Waals surface area contributed by atoms with Crippen molar-refractivity contribution in [2.75, 3.05) is 36.0 Å². The van der Waals surface area contributed by atoms with E-state index in [4.69, 9.17) is 9.57 Å². The minimum Gasteiger partial charge on any atom is -0.492 e. The lowest BCUT2D eigenvalue weighted by atomic mass is 9.75. The van der Waals surface area contributed by atoms with Gasteiger partial charge in [0.05, 0.1) is 11.1 Å². The number of fused-ring (bicyclic) bond motifs is 4. The van der Waals surface area contributed by atoms with Crippen LogP contribution < -0.4 is 19.4 Å². The number of anilines is 2. The standard InChI is InChI=1S/C37H35N3O7/c41-29-11-12-30(42)40(29)47-37(45)22-9-10-23(26(19-22)36(43)44)31-27-17-20-5-1-13-38-15-3-7-24(32(20)38)34(27)46-35-25-8-4-16-39-14-2-6-21(33(25)39)18-28(31)35/h9-12,17-19,31,41-42H,1-8,13-16H2,(H,43,44). The van der Waals surface area contributed by atoms with E-state index >= 15 is 0 Å². The first kappa shape index (κ1) is 28.1. The van der Waals surface area contributed by atoms with Crippen LogP contribution in [-0.2, 0) is 25.7 Å². The minimum atomic E-state index is -1.16. The van der Waals surface area contributed by atoms with Gasteiger partial charge in [-0.2, -0.15) is 0 Å². The maximum atomic E-state index is 13.2. The zero-order valence-corrected chi connectivity index (χ0v) is 25.9.